The van der Waals surface area contributed by atoms with Crippen LogP contribution >= 0.6 is 12.4 Å². The first-order valence-electron chi connectivity index (χ1n) is 7.96. The van der Waals surface area contributed by atoms with Gasteiger partial charge in [-0.2, -0.15) is 0 Å². The summed E-state index contributed by atoms with van der Waals surface area (Å²) in [5.74, 6) is -0.758. The van der Waals surface area contributed by atoms with Crippen LogP contribution in [-0.2, 0) is 4.74 Å². The van der Waals surface area contributed by atoms with Crippen molar-refractivity contribution in [2.24, 2.45) is 0 Å². The van der Waals surface area contributed by atoms with Gasteiger partial charge in [0.2, 0.25) is 0 Å². The predicted molar refractivity (Wildman–Crippen MR) is 102 cm³/mol. The zero-order valence-corrected chi connectivity index (χ0v) is 15.5. The van der Waals surface area contributed by atoms with Crippen molar-refractivity contribution in [1.29, 1.82) is 0 Å². The summed E-state index contributed by atoms with van der Waals surface area (Å²) in [4.78, 5) is 21.0. The summed E-state index contributed by atoms with van der Waals surface area (Å²) >= 11 is 0. The van der Waals surface area contributed by atoms with Crippen molar-refractivity contribution < 1.29 is 13.9 Å². The highest BCUT2D eigenvalue weighted by molar-refractivity contribution is 6.05. The number of halogens is 2. The summed E-state index contributed by atoms with van der Waals surface area (Å²) in [6.07, 6.45) is 1.45. The lowest BCUT2D eigenvalue weighted by atomic mass is 10.1. The van der Waals surface area contributed by atoms with Gasteiger partial charge in [-0.25, -0.2) is 19.2 Å². The summed E-state index contributed by atoms with van der Waals surface area (Å²) in [5, 5.41) is 3.89. The van der Waals surface area contributed by atoms with E-state index in [9.17, 15) is 9.18 Å². The van der Waals surface area contributed by atoms with Crippen molar-refractivity contribution in [1.82, 2.24) is 9.97 Å². The number of carbonyl (C=O) groups is 1. The number of rotatable bonds is 4. The maximum absolute atomic E-state index is 13.5. The Morgan fingerprint density at radius 1 is 1.23 bits per heavy atom. The number of pyridine rings is 2. The zero-order chi connectivity index (χ0) is 18.0. The van der Waals surface area contributed by atoms with Gasteiger partial charge in [0.1, 0.15) is 11.4 Å². The fourth-order valence-corrected chi connectivity index (χ4v) is 2.54. The van der Waals surface area contributed by atoms with Crippen LogP contribution in [0.2, 0.25) is 0 Å². The maximum Gasteiger partial charge on any atom is 0.341 e. The topological polar surface area (TPSA) is 64.1 Å². The van der Waals surface area contributed by atoms with E-state index in [1.165, 1.54) is 12.3 Å². The van der Waals surface area contributed by atoms with Crippen LogP contribution in [-0.4, -0.2) is 22.5 Å². The number of carbonyl (C=O) groups excluding carboxylic acids is 1. The third-order valence-electron chi connectivity index (χ3n) is 3.79. The molecule has 0 bridgehead atoms. The highest BCUT2D eigenvalue weighted by Gasteiger charge is 2.18. The molecule has 3 aromatic rings. The second kappa shape index (κ2) is 8.10. The fraction of sp³-hybridized carbons (Fsp3) is 0.211. The molecule has 0 fully saturated rings. The smallest absolute Gasteiger partial charge is 0.341 e. The minimum atomic E-state index is -0.473. The molecule has 0 aliphatic heterocycles. The molecule has 0 aliphatic carbocycles. The molecule has 1 aromatic carbocycles. The van der Waals surface area contributed by atoms with Gasteiger partial charge in [0.05, 0.1) is 12.3 Å². The molecule has 0 amide bonds. The molecule has 136 valence electrons. The molecule has 26 heavy (non-hydrogen) atoms. The number of esters is 1. The van der Waals surface area contributed by atoms with Crippen molar-refractivity contribution >= 4 is 40.8 Å². The molecule has 0 aliphatic rings. The third kappa shape index (κ3) is 3.91. The molecule has 0 saturated heterocycles. The lowest BCUT2D eigenvalue weighted by Gasteiger charge is -2.14. The first-order valence-corrected chi connectivity index (χ1v) is 7.96. The number of nitrogens with zero attached hydrogens (tertiary/aromatic N) is 2. The summed E-state index contributed by atoms with van der Waals surface area (Å²) < 4.78 is 18.6. The highest BCUT2D eigenvalue weighted by Crippen LogP contribution is 2.29. The quantitative estimate of drug-likeness (QED) is 0.668. The monoisotopic (exact) mass is 375 g/mol. The predicted octanol–water partition coefficient (Wildman–Crippen LogP) is 4.73. The van der Waals surface area contributed by atoms with Crippen molar-refractivity contribution in [3.05, 3.63) is 59.2 Å². The van der Waals surface area contributed by atoms with E-state index in [1.807, 2.05) is 19.1 Å². The number of aryl methyl sites for hydroxylation is 2. The van der Waals surface area contributed by atoms with E-state index in [2.05, 4.69) is 15.3 Å². The van der Waals surface area contributed by atoms with Crippen LogP contribution in [0, 0.1) is 19.7 Å². The van der Waals surface area contributed by atoms with Crippen LogP contribution in [0.1, 0.15) is 28.5 Å². The van der Waals surface area contributed by atoms with Crippen molar-refractivity contribution in [2.75, 3.05) is 11.9 Å². The molecule has 0 unspecified atom stereocenters. The average Bonchev–Trinajstić information content (AvgIpc) is 2.58. The van der Waals surface area contributed by atoms with Gasteiger partial charge in [-0.3, -0.25) is 0 Å². The van der Waals surface area contributed by atoms with Crippen molar-refractivity contribution in [3.63, 3.8) is 0 Å². The molecule has 0 radical (unpaired) electrons. The van der Waals surface area contributed by atoms with Crippen LogP contribution in [0.4, 0.5) is 15.8 Å². The molecule has 2 aromatic heterocycles. The Morgan fingerprint density at radius 2 is 2.00 bits per heavy atom. The van der Waals surface area contributed by atoms with E-state index < -0.39 is 5.97 Å². The summed E-state index contributed by atoms with van der Waals surface area (Å²) in [6, 6.07) is 8.38. The lowest BCUT2D eigenvalue weighted by molar-refractivity contribution is 0.0527. The van der Waals surface area contributed by atoms with Crippen LogP contribution in [0.5, 0.6) is 0 Å². The zero-order valence-electron chi connectivity index (χ0n) is 14.7. The SMILES string of the molecule is CCOC(=O)c1cnc2nc(C)ccc2c1Nc1ccc(F)c(C)c1.Cl. The number of nitrogens with one attached hydrogen (secondary N) is 1. The van der Waals surface area contributed by atoms with E-state index in [0.29, 0.717) is 33.5 Å². The molecule has 1 N–H and O–H groups in total. The minimum Gasteiger partial charge on any atom is -0.462 e. The molecule has 7 heteroatoms. The number of benzene rings is 1. The van der Waals surface area contributed by atoms with Gasteiger partial charge in [0, 0.05) is 23.0 Å². The maximum atomic E-state index is 13.5. The molecule has 0 saturated carbocycles. The minimum absolute atomic E-state index is 0. The van der Waals surface area contributed by atoms with Gasteiger partial charge >= 0.3 is 5.97 Å². The van der Waals surface area contributed by atoms with Crippen molar-refractivity contribution in [3.8, 4) is 0 Å². The number of hydrogen-bond acceptors (Lipinski definition) is 5. The molecule has 2 heterocycles. The number of ether oxygens (including phenoxy) is 1. The number of fused-ring (bicyclic) bond motifs is 1. The Balaban J connectivity index is 0.00000243. The van der Waals surface area contributed by atoms with Crippen LogP contribution < -0.4 is 5.32 Å². The first-order chi connectivity index (χ1) is 12.0. The molecular weight excluding hydrogens is 357 g/mol. The second-order valence-corrected chi connectivity index (χ2v) is 5.68. The summed E-state index contributed by atoms with van der Waals surface area (Å²) in [7, 11) is 0. The van der Waals surface area contributed by atoms with E-state index in [1.54, 1.807) is 26.0 Å². The standard InChI is InChI=1S/C19H18FN3O2.ClH/c1-4-25-19(24)15-10-21-18-14(7-5-12(3)22-18)17(15)23-13-6-8-16(20)11(2)9-13;/h5-10H,4H2,1-3H3,(H,21,22,23);1H. The van der Waals surface area contributed by atoms with Gasteiger partial charge in [0.15, 0.2) is 5.65 Å². The van der Waals surface area contributed by atoms with E-state index in [-0.39, 0.29) is 24.8 Å². The molecule has 0 spiro atoms. The molecule has 5 nitrogen and oxygen atoms in total. The van der Waals surface area contributed by atoms with Gasteiger partial charge in [0.25, 0.3) is 0 Å². The summed E-state index contributed by atoms with van der Waals surface area (Å²) in [6.45, 7) is 5.56. The van der Waals surface area contributed by atoms with E-state index in [4.69, 9.17) is 4.74 Å². The lowest BCUT2D eigenvalue weighted by Crippen LogP contribution is -2.10. The van der Waals surface area contributed by atoms with Crippen LogP contribution in [0.3, 0.4) is 0 Å². The Kier molecular flexibility index (Phi) is 6.10. The van der Waals surface area contributed by atoms with Gasteiger partial charge in [-0.05, 0) is 56.7 Å². The fourth-order valence-electron chi connectivity index (χ4n) is 2.54. The van der Waals surface area contributed by atoms with E-state index in [0.717, 1.165) is 5.69 Å². The van der Waals surface area contributed by atoms with Crippen LogP contribution in [0.15, 0.2) is 36.5 Å². The Bertz CT molecular complexity index is 963. The highest BCUT2D eigenvalue weighted by atomic mass is 35.5. The van der Waals surface area contributed by atoms with Gasteiger partial charge < -0.3 is 10.1 Å². The van der Waals surface area contributed by atoms with Crippen molar-refractivity contribution in [2.45, 2.75) is 20.8 Å². The largest absolute Gasteiger partial charge is 0.462 e. The molecule has 3 rings (SSSR count). The van der Waals surface area contributed by atoms with E-state index >= 15 is 0 Å². The number of anilines is 2. The average molecular weight is 376 g/mol. The Labute approximate surface area is 157 Å². The first kappa shape index (κ1) is 19.6. The summed E-state index contributed by atoms with van der Waals surface area (Å²) in [5.41, 5.74) is 3.37. The Hall–Kier alpha value is -2.73. The molecular formula is C19H19ClFN3O2. The normalized spacial score (nSPS) is 10.3. The van der Waals surface area contributed by atoms with Gasteiger partial charge in [-0.15, -0.1) is 12.4 Å². The van der Waals surface area contributed by atoms with Gasteiger partial charge in [-0.1, -0.05) is 0 Å². The number of hydrogen-bond donors (Lipinski definition) is 1. The molecule has 0 atom stereocenters. The second-order valence-electron chi connectivity index (χ2n) is 5.68. The Morgan fingerprint density at radius 3 is 2.69 bits per heavy atom. The number of aromatic nitrogens is 2. The third-order valence-corrected chi connectivity index (χ3v) is 3.79. The van der Waals surface area contributed by atoms with Crippen LogP contribution in [0.25, 0.3) is 11.0 Å².